The number of rotatable bonds is 2. The molecule has 7 heteroatoms. The molecule has 1 atom stereocenters. The number of hydrogen-bond acceptors (Lipinski definition) is 6. The summed E-state index contributed by atoms with van der Waals surface area (Å²) >= 11 is 0. The predicted molar refractivity (Wildman–Crippen MR) is 56.3 cm³/mol. The fourth-order valence-electron chi connectivity index (χ4n) is 1.69. The first-order valence-corrected chi connectivity index (χ1v) is 5.03. The van der Waals surface area contributed by atoms with Gasteiger partial charge in [-0.25, -0.2) is 4.79 Å². The first-order chi connectivity index (χ1) is 8.24. The summed E-state index contributed by atoms with van der Waals surface area (Å²) in [6.45, 7) is 0.867. The van der Waals surface area contributed by atoms with Gasteiger partial charge in [0.1, 0.15) is 6.07 Å². The van der Waals surface area contributed by atoms with E-state index in [4.69, 9.17) is 15.1 Å². The highest BCUT2D eigenvalue weighted by molar-refractivity contribution is 5.78. The van der Waals surface area contributed by atoms with Crippen LogP contribution in [0.4, 0.5) is 5.82 Å². The predicted octanol–water partition coefficient (Wildman–Crippen LogP) is -0.362. The average molecular weight is 234 g/mol. The number of hydrogen-bond donors (Lipinski definition) is 1. The van der Waals surface area contributed by atoms with Crippen molar-refractivity contribution in [1.82, 2.24) is 10.2 Å². The van der Waals surface area contributed by atoms with Crippen LogP contribution in [0, 0.1) is 11.3 Å². The Bertz CT molecular complexity index is 471. The Balaban J connectivity index is 2.36. The van der Waals surface area contributed by atoms with E-state index in [9.17, 15) is 4.79 Å². The van der Waals surface area contributed by atoms with Crippen LogP contribution in [0.25, 0.3) is 0 Å². The smallest absolute Gasteiger partial charge is 0.328 e. The number of anilines is 1. The third-order valence-electron chi connectivity index (χ3n) is 2.51. The van der Waals surface area contributed by atoms with Crippen LogP contribution in [0.2, 0.25) is 0 Å². The van der Waals surface area contributed by atoms with E-state index >= 15 is 0 Å². The number of nitriles is 1. The summed E-state index contributed by atoms with van der Waals surface area (Å²) in [6, 6.07) is 2.66. The highest BCUT2D eigenvalue weighted by Crippen LogP contribution is 2.20. The van der Waals surface area contributed by atoms with E-state index in [0.717, 1.165) is 0 Å². The molecule has 0 saturated carbocycles. The van der Waals surface area contributed by atoms with Crippen molar-refractivity contribution >= 4 is 11.8 Å². The van der Waals surface area contributed by atoms with E-state index in [1.165, 1.54) is 17.2 Å². The number of ether oxygens (including phenoxy) is 1. The number of carboxylic acid groups (broad SMARTS) is 1. The molecule has 1 aliphatic heterocycles. The molecule has 2 heterocycles. The standard InChI is InChI=1S/C10H10N4O3/c11-5-7-1-2-12-13-9(7)14-3-4-17-6-8(14)10(15)16/h1-2,8H,3-4,6H2,(H,15,16). The van der Waals surface area contributed by atoms with Crippen LogP contribution in [0.5, 0.6) is 0 Å². The van der Waals surface area contributed by atoms with E-state index in [2.05, 4.69) is 10.2 Å². The van der Waals surface area contributed by atoms with Gasteiger partial charge in [-0.2, -0.15) is 10.4 Å². The summed E-state index contributed by atoms with van der Waals surface area (Å²) < 4.78 is 5.12. The zero-order valence-corrected chi connectivity index (χ0v) is 8.91. The number of carboxylic acids is 1. The van der Waals surface area contributed by atoms with Crippen LogP contribution in [-0.4, -0.2) is 47.1 Å². The molecule has 0 bridgehead atoms. The molecule has 0 spiro atoms. The molecule has 1 saturated heterocycles. The molecule has 17 heavy (non-hydrogen) atoms. The van der Waals surface area contributed by atoms with Gasteiger partial charge in [-0.05, 0) is 6.07 Å². The Morgan fingerprint density at radius 2 is 2.53 bits per heavy atom. The molecule has 1 N–H and O–H groups in total. The molecule has 0 amide bonds. The van der Waals surface area contributed by atoms with Gasteiger partial charge < -0.3 is 14.7 Å². The van der Waals surface area contributed by atoms with Gasteiger partial charge in [0.2, 0.25) is 0 Å². The minimum atomic E-state index is -1.00. The summed E-state index contributed by atoms with van der Waals surface area (Å²) in [7, 11) is 0. The average Bonchev–Trinajstić information content (AvgIpc) is 2.38. The van der Waals surface area contributed by atoms with Crippen molar-refractivity contribution in [1.29, 1.82) is 5.26 Å². The van der Waals surface area contributed by atoms with Crippen molar-refractivity contribution in [3.63, 3.8) is 0 Å². The molecular formula is C10H10N4O3. The highest BCUT2D eigenvalue weighted by atomic mass is 16.5. The van der Waals surface area contributed by atoms with Gasteiger partial charge in [-0.15, -0.1) is 5.10 Å². The van der Waals surface area contributed by atoms with Crippen LogP contribution in [0.15, 0.2) is 12.3 Å². The van der Waals surface area contributed by atoms with E-state index in [-0.39, 0.29) is 6.61 Å². The fraction of sp³-hybridized carbons (Fsp3) is 0.400. The lowest BCUT2D eigenvalue weighted by molar-refractivity contribution is -0.141. The van der Waals surface area contributed by atoms with Crippen molar-refractivity contribution in [3.8, 4) is 6.07 Å². The van der Waals surface area contributed by atoms with Crippen molar-refractivity contribution in [2.45, 2.75) is 6.04 Å². The van der Waals surface area contributed by atoms with Crippen molar-refractivity contribution < 1.29 is 14.6 Å². The van der Waals surface area contributed by atoms with Crippen LogP contribution >= 0.6 is 0 Å². The van der Waals surface area contributed by atoms with Gasteiger partial charge >= 0.3 is 5.97 Å². The number of morpholine rings is 1. The van der Waals surface area contributed by atoms with E-state index in [1.807, 2.05) is 6.07 Å². The van der Waals surface area contributed by atoms with Crippen molar-refractivity contribution in [2.24, 2.45) is 0 Å². The first kappa shape index (κ1) is 11.3. The van der Waals surface area contributed by atoms with Gasteiger partial charge in [0, 0.05) is 6.54 Å². The lowest BCUT2D eigenvalue weighted by Gasteiger charge is -2.33. The number of nitrogens with zero attached hydrogens (tertiary/aromatic N) is 4. The Morgan fingerprint density at radius 3 is 3.24 bits per heavy atom. The molecule has 0 aromatic carbocycles. The summed E-state index contributed by atoms with van der Waals surface area (Å²) in [5.74, 6) is -0.704. The maximum atomic E-state index is 11.1. The monoisotopic (exact) mass is 234 g/mol. The van der Waals surface area contributed by atoms with Crippen LogP contribution in [0.3, 0.4) is 0 Å². The molecule has 7 nitrogen and oxygen atoms in total. The minimum absolute atomic E-state index is 0.0801. The second kappa shape index (κ2) is 4.76. The fourth-order valence-corrected chi connectivity index (χ4v) is 1.69. The van der Waals surface area contributed by atoms with Gasteiger partial charge in [-0.3, -0.25) is 0 Å². The topological polar surface area (TPSA) is 99.3 Å². The quantitative estimate of drug-likeness (QED) is 0.745. The lowest BCUT2D eigenvalue weighted by Crippen LogP contribution is -2.50. The zero-order chi connectivity index (χ0) is 12.3. The SMILES string of the molecule is N#Cc1ccnnc1N1CCOCC1C(=O)O. The lowest BCUT2D eigenvalue weighted by atomic mass is 10.2. The van der Waals surface area contributed by atoms with Crippen molar-refractivity contribution in [3.05, 3.63) is 17.8 Å². The largest absolute Gasteiger partial charge is 0.480 e. The van der Waals surface area contributed by atoms with Crippen LogP contribution in [-0.2, 0) is 9.53 Å². The number of carbonyl (C=O) groups is 1. The molecule has 88 valence electrons. The Morgan fingerprint density at radius 1 is 1.71 bits per heavy atom. The molecule has 2 rings (SSSR count). The highest BCUT2D eigenvalue weighted by Gasteiger charge is 2.31. The first-order valence-electron chi connectivity index (χ1n) is 5.03. The maximum Gasteiger partial charge on any atom is 0.328 e. The Hall–Kier alpha value is -2.20. The second-order valence-corrected chi connectivity index (χ2v) is 3.50. The summed E-state index contributed by atoms with van der Waals surface area (Å²) in [5, 5.41) is 25.6. The summed E-state index contributed by atoms with van der Waals surface area (Å²) in [6.07, 6.45) is 1.40. The van der Waals surface area contributed by atoms with Crippen LogP contribution in [0.1, 0.15) is 5.56 Å². The molecular weight excluding hydrogens is 224 g/mol. The van der Waals surface area contributed by atoms with E-state index < -0.39 is 12.0 Å². The molecule has 0 aliphatic carbocycles. The minimum Gasteiger partial charge on any atom is -0.480 e. The Kier molecular flexibility index (Phi) is 3.16. The number of aromatic nitrogens is 2. The number of aliphatic carboxylic acids is 1. The second-order valence-electron chi connectivity index (χ2n) is 3.50. The van der Waals surface area contributed by atoms with Gasteiger partial charge in [0.25, 0.3) is 0 Å². The molecule has 1 aliphatic rings. The summed E-state index contributed by atoms with van der Waals surface area (Å²) in [4.78, 5) is 12.6. The normalized spacial score (nSPS) is 19.7. The Labute approximate surface area is 97.2 Å². The van der Waals surface area contributed by atoms with Gasteiger partial charge in [-0.1, -0.05) is 0 Å². The molecule has 1 aromatic heterocycles. The molecule has 0 radical (unpaired) electrons. The van der Waals surface area contributed by atoms with E-state index in [0.29, 0.717) is 24.5 Å². The van der Waals surface area contributed by atoms with Gasteiger partial charge in [0.05, 0.1) is 25.0 Å². The zero-order valence-electron chi connectivity index (χ0n) is 8.91. The van der Waals surface area contributed by atoms with Gasteiger partial charge in [0.15, 0.2) is 11.9 Å². The van der Waals surface area contributed by atoms with Crippen LogP contribution < -0.4 is 4.90 Å². The van der Waals surface area contributed by atoms with E-state index in [1.54, 1.807) is 0 Å². The summed E-state index contributed by atoms with van der Waals surface area (Å²) in [5.41, 5.74) is 0.313. The third kappa shape index (κ3) is 2.16. The maximum absolute atomic E-state index is 11.1. The molecule has 1 aromatic rings. The third-order valence-corrected chi connectivity index (χ3v) is 2.51. The van der Waals surface area contributed by atoms with Crippen molar-refractivity contribution in [2.75, 3.05) is 24.7 Å². The molecule has 1 unspecified atom stereocenters. The molecule has 1 fully saturated rings.